The number of hydrogen-bond acceptors (Lipinski definition) is 8. The molecule has 39 heavy (non-hydrogen) atoms. The number of aromatic nitrogens is 4. The van der Waals surface area contributed by atoms with Gasteiger partial charge in [-0.1, -0.05) is 6.07 Å². The van der Waals surface area contributed by atoms with Gasteiger partial charge in [0.1, 0.15) is 5.60 Å². The summed E-state index contributed by atoms with van der Waals surface area (Å²) in [5.41, 5.74) is 2.77. The summed E-state index contributed by atoms with van der Waals surface area (Å²) in [6.45, 7) is 5.52. The lowest BCUT2D eigenvalue weighted by molar-refractivity contribution is 0.0523. The number of amides is 1. The van der Waals surface area contributed by atoms with Gasteiger partial charge in [-0.05, 0) is 68.3 Å². The third kappa shape index (κ3) is 5.31. The summed E-state index contributed by atoms with van der Waals surface area (Å²) in [6, 6.07) is 12.9. The van der Waals surface area contributed by atoms with Crippen LogP contribution in [0.1, 0.15) is 37.7 Å². The number of alkyl carbamates (subject to hydrolysis) is 1. The van der Waals surface area contributed by atoms with Crippen LogP contribution in [0.25, 0.3) is 33.5 Å². The minimum atomic E-state index is -0.648. The molecule has 0 aliphatic carbocycles. The second-order valence-electron chi connectivity index (χ2n) is 9.92. The molecular formula is C28H26N6O5. The molecule has 2 aromatic carbocycles. The fraction of sp³-hybridized carbons (Fsp3) is 0.250. The molecule has 1 aliphatic heterocycles. The van der Waals surface area contributed by atoms with Crippen molar-refractivity contribution in [1.29, 1.82) is 5.26 Å². The zero-order valence-corrected chi connectivity index (χ0v) is 21.9. The van der Waals surface area contributed by atoms with E-state index in [1.165, 1.54) is 0 Å². The molecule has 1 amide bonds. The SMILES string of the molecule is Cn1ncc(-c2ccc3c(=O)[nH]nc(CNC(=O)OC(C)(C)C)c3c2)c1/C=C(\C#N)c1ccc2c(c1)OCO2. The Labute approximate surface area is 223 Å². The zero-order chi connectivity index (χ0) is 27.7. The van der Waals surface area contributed by atoms with Crippen LogP contribution in [0.5, 0.6) is 11.5 Å². The molecule has 11 nitrogen and oxygen atoms in total. The quantitative estimate of drug-likeness (QED) is 0.369. The first-order chi connectivity index (χ1) is 18.6. The summed E-state index contributed by atoms with van der Waals surface area (Å²) in [4.78, 5) is 24.7. The van der Waals surface area contributed by atoms with Crippen molar-refractivity contribution < 1.29 is 19.0 Å². The van der Waals surface area contributed by atoms with Crippen LogP contribution in [0.4, 0.5) is 4.79 Å². The van der Waals surface area contributed by atoms with Crippen molar-refractivity contribution in [3.05, 3.63) is 69.9 Å². The molecule has 2 N–H and O–H groups in total. The smallest absolute Gasteiger partial charge is 0.407 e. The van der Waals surface area contributed by atoms with Crippen molar-refractivity contribution in [2.75, 3.05) is 6.79 Å². The molecule has 4 aromatic rings. The van der Waals surface area contributed by atoms with Crippen molar-refractivity contribution in [2.45, 2.75) is 32.9 Å². The number of fused-ring (bicyclic) bond motifs is 2. The Bertz CT molecular complexity index is 1720. The molecule has 0 saturated carbocycles. The predicted molar refractivity (Wildman–Crippen MR) is 144 cm³/mol. The molecule has 0 fully saturated rings. The Balaban J connectivity index is 1.52. The van der Waals surface area contributed by atoms with Crippen molar-refractivity contribution in [3.63, 3.8) is 0 Å². The highest BCUT2D eigenvalue weighted by Crippen LogP contribution is 2.35. The number of nitriles is 1. The Morgan fingerprint density at radius 2 is 2.00 bits per heavy atom. The maximum absolute atomic E-state index is 12.5. The minimum absolute atomic E-state index is 0.0497. The molecule has 1 aliphatic rings. The fourth-order valence-electron chi connectivity index (χ4n) is 4.21. The van der Waals surface area contributed by atoms with Crippen molar-refractivity contribution in [1.82, 2.24) is 25.3 Å². The number of rotatable bonds is 5. The molecule has 3 heterocycles. The van der Waals surface area contributed by atoms with E-state index in [4.69, 9.17) is 14.2 Å². The summed E-state index contributed by atoms with van der Waals surface area (Å²) in [6.07, 6.45) is 2.86. The molecule has 0 spiro atoms. The van der Waals surface area contributed by atoms with Gasteiger partial charge in [-0.2, -0.15) is 15.5 Å². The molecule has 0 saturated heterocycles. The van der Waals surface area contributed by atoms with Crippen LogP contribution in [0.2, 0.25) is 0 Å². The summed E-state index contributed by atoms with van der Waals surface area (Å²) < 4.78 is 17.8. The van der Waals surface area contributed by atoms with Gasteiger partial charge in [0.25, 0.3) is 5.56 Å². The molecule has 11 heteroatoms. The summed E-state index contributed by atoms with van der Waals surface area (Å²) in [7, 11) is 1.79. The first kappa shape index (κ1) is 25.5. The highest BCUT2D eigenvalue weighted by atomic mass is 16.7. The molecule has 198 valence electrons. The predicted octanol–water partition coefficient (Wildman–Crippen LogP) is 4.14. The Hall–Kier alpha value is -5.11. The van der Waals surface area contributed by atoms with E-state index in [-0.39, 0.29) is 18.9 Å². The van der Waals surface area contributed by atoms with Crippen molar-refractivity contribution in [3.8, 4) is 28.7 Å². The van der Waals surface area contributed by atoms with E-state index in [1.807, 2.05) is 12.1 Å². The van der Waals surface area contributed by atoms with E-state index in [0.717, 1.165) is 11.1 Å². The monoisotopic (exact) mass is 526 g/mol. The van der Waals surface area contributed by atoms with Gasteiger partial charge in [0.2, 0.25) is 6.79 Å². The first-order valence-corrected chi connectivity index (χ1v) is 12.2. The lowest BCUT2D eigenvalue weighted by Gasteiger charge is -2.19. The van der Waals surface area contributed by atoms with E-state index in [9.17, 15) is 14.9 Å². The van der Waals surface area contributed by atoms with Crippen LogP contribution in [0, 0.1) is 11.3 Å². The second kappa shape index (κ2) is 9.98. The van der Waals surface area contributed by atoms with Gasteiger partial charge in [-0.15, -0.1) is 0 Å². The molecule has 0 bridgehead atoms. The zero-order valence-electron chi connectivity index (χ0n) is 21.9. The third-order valence-corrected chi connectivity index (χ3v) is 6.05. The van der Waals surface area contributed by atoms with Crippen LogP contribution in [0.15, 0.2) is 47.4 Å². The fourth-order valence-corrected chi connectivity index (χ4v) is 4.21. The van der Waals surface area contributed by atoms with Gasteiger partial charge in [0.15, 0.2) is 11.5 Å². The highest BCUT2D eigenvalue weighted by molar-refractivity contribution is 5.94. The van der Waals surface area contributed by atoms with Gasteiger partial charge in [0, 0.05) is 18.0 Å². The maximum Gasteiger partial charge on any atom is 0.407 e. The van der Waals surface area contributed by atoms with Crippen LogP contribution in [-0.2, 0) is 18.3 Å². The van der Waals surface area contributed by atoms with Gasteiger partial charge < -0.3 is 19.5 Å². The van der Waals surface area contributed by atoms with Gasteiger partial charge in [-0.3, -0.25) is 9.48 Å². The number of carbonyl (C=O) groups excluding carboxylic acids is 1. The summed E-state index contributed by atoms with van der Waals surface area (Å²) in [5.74, 6) is 1.22. The molecule has 0 unspecified atom stereocenters. The lowest BCUT2D eigenvalue weighted by atomic mass is 9.99. The maximum atomic E-state index is 12.5. The number of hydrogen-bond donors (Lipinski definition) is 2. The number of H-pyrrole nitrogens is 1. The van der Waals surface area contributed by atoms with Crippen LogP contribution in [0.3, 0.4) is 0 Å². The summed E-state index contributed by atoms with van der Waals surface area (Å²) in [5, 5.41) is 24.7. The van der Waals surface area contributed by atoms with Gasteiger partial charge >= 0.3 is 6.09 Å². The molecule has 0 atom stereocenters. The number of benzene rings is 2. The average molecular weight is 527 g/mol. The Morgan fingerprint density at radius 3 is 2.77 bits per heavy atom. The number of ether oxygens (including phenoxy) is 3. The normalized spacial score (nSPS) is 12.8. The van der Waals surface area contributed by atoms with E-state index in [0.29, 0.717) is 44.8 Å². The van der Waals surface area contributed by atoms with E-state index in [2.05, 4.69) is 26.7 Å². The van der Waals surface area contributed by atoms with Crippen LogP contribution in [-0.4, -0.2) is 38.5 Å². The highest BCUT2D eigenvalue weighted by Gasteiger charge is 2.19. The number of carbonyl (C=O) groups is 1. The van der Waals surface area contributed by atoms with Crippen molar-refractivity contribution >= 4 is 28.5 Å². The molecular weight excluding hydrogens is 500 g/mol. The third-order valence-electron chi connectivity index (χ3n) is 6.05. The summed E-state index contributed by atoms with van der Waals surface area (Å²) >= 11 is 0. The van der Waals surface area contributed by atoms with E-state index < -0.39 is 11.7 Å². The minimum Gasteiger partial charge on any atom is -0.454 e. The topological polar surface area (TPSA) is 144 Å². The Morgan fingerprint density at radius 1 is 1.21 bits per heavy atom. The number of nitrogens with zero attached hydrogens (tertiary/aromatic N) is 4. The molecule has 0 radical (unpaired) electrons. The van der Waals surface area contributed by atoms with E-state index in [1.54, 1.807) is 69.0 Å². The first-order valence-electron chi connectivity index (χ1n) is 12.2. The number of nitrogens with one attached hydrogen (secondary N) is 2. The van der Waals surface area contributed by atoms with Gasteiger partial charge in [-0.25, -0.2) is 9.89 Å². The second-order valence-corrected chi connectivity index (χ2v) is 9.92. The average Bonchev–Trinajstić information content (AvgIpc) is 3.51. The van der Waals surface area contributed by atoms with E-state index >= 15 is 0 Å². The molecule has 2 aromatic heterocycles. The van der Waals surface area contributed by atoms with Gasteiger partial charge in [0.05, 0.1) is 41.2 Å². The number of aryl methyl sites for hydroxylation is 1. The van der Waals surface area contributed by atoms with Crippen LogP contribution < -0.4 is 20.3 Å². The molecule has 5 rings (SSSR count). The standard InChI is InChI=1S/C28H26N6O5/c1-28(2,3)39-27(36)30-14-22-20-9-17(5-7-19(20)26(35)33-32-22)21-13-31-34(4)23(21)10-18(12-29)16-6-8-24-25(11-16)38-15-37-24/h5-11,13H,14-15H2,1-4H3,(H,30,36)(H,33,35)/b18-10+. The number of aromatic amines is 1. The lowest BCUT2D eigenvalue weighted by Crippen LogP contribution is -2.32. The van der Waals surface area contributed by atoms with Crippen LogP contribution >= 0.6 is 0 Å². The Kier molecular flexibility index (Phi) is 6.54. The van der Waals surface area contributed by atoms with Crippen molar-refractivity contribution in [2.24, 2.45) is 7.05 Å². The number of allylic oxidation sites excluding steroid dienone is 1. The largest absolute Gasteiger partial charge is 0.454 e.